The maximum Gasteiger partial charge on any atom is 0.143 e. The van der Waals surface area contributed by atoms with Gasteiger partial charge < -0.3 is 0 Å². The Morgan fingerprint density at radius 1 is 1.21 bits per heavy atom. The first-order chi connectivity index (χ1) is 9.15. The average molecular weight is 340 g/mol. The number of hydrogen-bond acceptors (Lipinski definition) is 1. The van der Waals surface area contributed by atoms with Crippen LogP contribution in [0.5, 0.6) is 0 Å². The molecule has 0 amide bonds. The highest BCUT2D eigenvalue weighted by Crippen LogP contribution is 2.28. The van der Waals surface area contributed by atoms with E-state index in [2.05, 4.69) is 21.0 Å². The molecule has 0 N–H and O–H groups in total. The number of aromatic nitrogens is 2. The zero-order chi connectivity index (χ0) is 13.4. The van der Waals surface area contributed by atoms with E-state index >= 15 is 0 Å². The van der Waals surface area contributed by atoms with Crippen molar-refractivity contribution in [1.82, 2.24) is 9.78 Å². The van der Waals surface area contributed by atoms with Gasteiger partial charge in [0.05, 0.1) is 17.1 Å². The molecule has 0 aliphatic heterocycles. The van der Waals surface area contributed by atoms with Crippen molar-refractivity contribution in [1.29, 1.82) is 0 Å². The Morgan fingerprint density at radius 2 is 1.95 bits per heavy atom. The van der Waals surface area contributed by atoms with E-state index in [0.29, 0.717) is 11.1 Å². The third-order valence-corrected chi connectivity index (χ3v) is 3.80. The summed E-state index contributed by atoms with van der Waals surface area (Å²) in [6.45, 7) is 0.587. The topological polar surface area (TPSA) is 17.8 Å². The van der Waals surface area contributed by atoms with Crippen molar-refractivity contribution in [3.63, 3.8) is 0 Å². The summed E-state index contributed by atoms with van der Waals surface area (Å²) in [6.07, 6.45) is 0. The molecule has 0 spiro atoms. The van der Waals surface area contributed by atoms with E-state index in [1.54, 1.807) is 10.7 Å². The lowest BCUT2D eigenvalue weighted by molar-refractivity contribution is 0.627. The number of benzene rings is 2. The van der Waals surface area contributed by atoms with E-state index in [1.807, 2.05) is 30.3 Å². The third kappa shape index (κ3) is 2.38. The van der Waals surface area contributed by atoms with Crippen molar-refractivity contribution < 1.29 is 4.39 Å². The van der Waals surface area contributed by atoms with Crippen LogP contribution in [0.1, 0.15) is 5.56 Å². The second kappa shape index (κ2) is 4.94. The molecule has 0 fully saturated rings. The monoisotopic (exact) mass is 338 g/mol. The van der Waals surface area contributed by atoms with Gasteiger partial charge in [-0.2, -0.15) is 5.10 Å². The molecule has 19 heavy (non-hydrogen) atoms. The minimum atomic E-state index is -0.434. The molecule has 1 aromatic heterocycles. The van der Waals surface area contributed by atoms with Gasteiger partial charge in [0.2, 0.25) is 0 Å². The van der Waals surface area contributed by atoms with E-state index in [1.165, 1.54) is 6.07 Å². The van der Waals surface area contributed by atoms with Gasteiger partial charge in [0, 0.05) is 11.5 Å². The highest BCUT2D eigenvalue weighted by atomic mass is 79.9. The van der Waals surface area contributed by atoms with E-state index in [-0.39, 0.29) is 5.02 Å². The van der Waals surface area contributed by atoms with Gasteiger partial charge in [0.25, 0.3) is 0 Å². The number of hydrogen-bond donors (Lipinski definition) is 0. The van der Waals surface area contributed by atoms with Crippen LogP contribution in [0.15, 0.2) is 47.1 Å². The van der Waals surface area contributed by atoms with Crippen molar-refractivity contribution in [3.05, 3.63) is 63.5 Å². The molecule has 0 atom stereocenters. The first-order valence-corrected chi connectivity index (χ1v) is 6.87. The standard InChI is InChI=1S/C14H9BrClFN2/c15-14-10-6-11(16)12(17)7-13(10)19(18-14)8-9-4-2-1-3-5-9/h1-7H,8H2. The summed E-state index contributed by atoms with van der Waals surface area (Å²) in [5.41, 5.74) is 1.83. The molecule has 2 aromatic carbocycles. The molecule has 0 bridgehead atoms. The van der Waals surface area contributed by atoms with Gasteiger partial charge in [-0.05, 0) is 27.6 Å². The van der Waals surface area contributed by atoms with Crippen LogP contribution in [0.25, 0.3) is 10.9 Å². The largest absolute Gasteiger partial charge is 0.259 e. The van der Waals surface area contributed by atoms with Crippen LogP contribution in [0.3, 0.4) is 0 Å². The van der Waals surface area contributed by atoms with Gasteiger partial charge >= 0.3 is 0 Å². The van der Waals surface area contributed by atoms with Gasteiger partial charge in [0.15, 0.2) is 0 Å². The Balaban J connectivity index is 2.12. The molecule has 0 aliphatic rings. The molecule has 0 aliphatic carbocycles. The van der Waals surface area contributed by atoms with Gasteiger partial charge in [-0.15, -0.1) is 0 Å². The Labute approximate surface area is 122 Å². The van der Waals surface area contributed by atoms with Crippen molar-refractivity contribution in [2.75, 3.05) is 0 Å². The van der Waals surface area contributed by atoms with E-state index < -0.39 is 5.82 Å². The zero-order valence-corrected chi connectivity index (χ0v) is 12.1. The molecule has 0 saturated heterocycles. The second-order valence-corrected chi connectivity index (χ2v) is 5.38. The number of nitrogens with zero attached hydrogens (tertiary/aromatic N) is 2. The normalized spacial score (nSPS) is 11.1. The van der Waals surface area contributed by atoms with Gasteiger partial charge in [-0.25, -0.2) is 4.39 Å². The lowest BCUT2D eigenvalue weighted by Gasteiger charge is -2.04. The summed E-state index contributed by atoms with van der Waals surface area (Å²) in [4.78, 5) is 0. The smallest absolute Gasteiger partial charge is 0.143 e. The first kappa shape index (κ1) is 12.6. The fourth-order valence-corrected chi connectivity index (χ4v) is 2.68. The fraction of sp³-hybridized carbons (Fsp3) is 0.0714. The highest BCUT2D eigenvalue weighted by Gasteiger charge is 2.12. The zero-order valence-electron chi connectivity index (χ0n) is 9.78. The Kier molecular flexibility index (Phi) is 3.29. The molecule has 5 heteroatoms. The van der Waals surface area contributed by atoms with Crippen molar-refractivity contribution in [3.8, 4) is 0 Å². The summed E-state index contributed by atoms with van der Waals surface area (Å²) in [6, 6.07) is 12.9. The molecular formula is C14H9BrClFN2. The molecule has 96 valence electrons. The molecule has 2 nitrogen and oxygen atoms in total. The Morgan fingerprint density at radius 3 is 2.68 bits per heavy atom. The van der Waals surface area contributed by atoms with Crippen LogP contribution in [0.4, 0.5) is 4.39 Å². The highest BCUT2D eigenvalue weighted by molar-refractivity contribution is 9.10. The third-order valence-electron chi connectivity index (χ3n) is 2.92. The minimum absolute atomic E-state index is 0.104. The number of fused-ring (bicyclic) bond motifs is 1. The second-order valence-electron chi connectivity index (χ2n) is 4.22. The van der Waals surface area contributed by atoms with Crippen LogP contribution >= 0.6 is 27.5 Å². The van der Waals surface area contributed by atoms with Crippen LogP contribution in [-0.2, 0) is 6.54 Å². The summed E-state index contributed by atoms with van der Waals surface area (Å²) in [7, 11) is 0. The van der Waals surface area contributed by atoms with Crippen molar-refractivity contribution >= 4 is 38.4 Å². The summed E-state index contributed by atoms with van der Waals surface area (Å²) < 4.78 is 16.0. The molecule has 0 unspecified atom stereocenters. The van der Waals surface area contributed by atoms with E-state index in [0.717, 1.165) is 16.5 Å². The van der Waals surface area contributed by atoms with Crippen LogP contribution in [0, 0.1) is 5.82 Å². The Hall–Kier alpha value is -1.39. The lowest BCUT2D eigenvalue weighted by atomic mass is 10.2. The van der Waals surface area contributed by atoms with Gasteiger partial charge in [-0.3, -0.25) is 4.68 Å². The van der Waals surface area contributed by atoms with Crippen molar-refractivity contribution in [2.45, 2.75) is 6.54 Å². The molecule has 0 saturated carbocycles. The average Bonchev–Trinajstić information content (AvgIpc) is 2.68. The molecular weight excluding hydrogens is 331 g/mol. The van der Waals surface area contributed by atoms with Crippen LogP contribution in [0.2, 0.25) is 5.02 Å². The van der Waals surface area contributed by atoms with E-state index in [9.17, 15) is 4.39 Å². The molecule has 0 radical (unpaired) electrons. The molecule has 1 heterocycles. The van der Waals surface area contributed by atoms with Gasteiger partial charge in [0.1, 0.15) is 10.4 Å². The lowest BCUT2D eigenvalue weighted by Crippen LogP contribution is -2.01. The fourth-order valence-electron chi connectivity index (χ4n) is 2.01. The number of rotatable bonds is 2. The minimum Gasteiger partial charge on any atom is -0.259 e. The number of halogens is 3. The van der Waals surface area contributed by atoms with Gasteiger partial charge in [-0.1, -0.05) is 41.9 Å². The first-order valence-electron chi connectivity index (χ1n) is 5.70. The quantitative estimate of drug-likeness (QED) is 0.665. The predicted octanol–water partition coefficient (Wildman–Crippen LogP) is 4.64. The van der Waals surface area contributed by atoms with Crippen LogP contribution in [-0.4, -0.2) is 9.78 Å². The summed E-state index contributed by atoms with van der Waals surface area (Å²) in [5.74, 6) is -0.434. The summed E-state index contributed by atoms with van der Waals surface area (Å²) in [5, 5.41) is 5.29. The summed E-state index contributed by atoms with van der Waals surface area (Å²) >= 11 is 9.17. The Bertz CT molecular complexity index is 740. The molecule has 3 aromatic rings. The van der Waals surface area contributed by atoms with E-state index in [4.69, 9.17) is 11.6 Å². The van der Waals surface area contributed by atoms with Crippen molar-refractivity contribution in [2.24, 2.45) is 0 Å². The maximum atomic E-state index is 13.6. The SMILES string of the molecule is Fc1cc2c(cc1Cl)c(Br)nn2Cc1ccccc1. The predicted molar refractivity (Wildman–Crippen MR) is 77.9 cm³/mol. The molecule has 3 rings (SSSR count). The van der Waals surface area contributed by atoms with Crippen LogP contribution < -0.4 is 0 Å². The maximum absolute atomic E-state index is 13.6.